The van der Waals surface area contributed by atoms with Crippen LogP contribution in [0.5, 0.6) is 0 Å². The van der Waals surface area contributed by atoms with Crippen LogP contribution in [0.15, 0.2) is 69.5 Å². The Hall–Kier alpha value is -2.80. The van der Waals surface area contributed by atoms with E-state index in [2.05, 4.69) is 26.6 Å². The summed E-state index contributed by atoms with van der Waals surface area (Å²) in [5.41, 5.74) is 2.20. The lowest BCUT2D eigenvalue weighted by molar-refractivity contribution is -0.118. The average molecular weight is 501 g/mol. The normalized spacial score (nSPS) is 20.1. The smallest absolute Gasteiger partial charge is 0.254 e. The number of dihydropyridines is 1. The number of ketones is 1. The average Bonchev–Trinajstić information content (AvgIpc) is 2.69. The van der Waals surface area contributed by atoms with Crippen LogP contribution in [0.4, 0.5) is 14.5 Å². The lowest BCUT2D eigenvalue weighted by Crippen LogP contribution is -2.39. The number of benzene rings is 2. The molecule has 1 unspecified atom stereocenters. The highest BCUT2D eigenvalue weighted by atomic mass is 79.9. The van der Waals surface area contributed by atoms with Gasteiger partial charge in [-0.15, -0.1) is 0 Å². The molecular formula is C25H23BrF2N2O2. The number of hydrogen-bond acceptors (Lipinski definition) is 3. The second-order valence-electron chi connectivity index (χ2n) is 9.03. The van der Waals surface area contributed by atoms with E-state index in [4.69, 9.17) is 0 Å². The Bertz CT molecular complexity index is 1160. The van der Waals surface area contributed by atoms with Gasteiger partial charge in [-0.2, -0.15) is 0 Å². The van der Waals surface area contributed by atoms with Crippen molar-refractivity contribution in [1.82, 2.24) is 5.32 Å². The van der Waals surface area contributed by atoms with E-state index in [0.29, 0.717) is 24.1 Å². The number of allylic oxidation sites excluding steroid dienone is 3. The van der Waals surface area contributed by atoms with Gasteiger partial charge in [0, 0.05) is 39.4 Å². The first kappa shape index (κ1) is 22.4. The molecule has 0 saturated carbocycles. The Kier molecular flexibility index (Phi) is 5.79. The maximum Gasteiger partial charge on any atom is 0.254 e. The van der Waals surface area contributed by atoms with Gasteiger partial charge in [-0.1, -0.05) is 48.0 Å². The molecule has 7 heteroatoms. The number of anilines is 1. The first-order chi connectivity index (χ1) is 15.1. The molecule has 4 rings (SSSR count). The van der Waals surface area contributed by atoms with E-state index in [0.717, 1.165) is 27.9 Å². The molecule has 0 aromatic heterocycles. The van der Waals surface area contributed by atoms with Gasteiger partial charge in [-0.3, -0.25) is 9.59 Å². The molecular weight excluding hydrogens is 478 g/mol. The van der Waals surface area contributed by atoms with E-state index >= 15 is 0 Å². The largest absolute Gasteiger partial charge is 0.362 e. The summed E-state index contributed by atoms with van der Waals surface area (Å²) in [7, 11) is 0. The number of hydrogen-bond donors (Lipinski definition) is 2. The fourth-order valence-electron chi connectivity index (χ4n) is 4.52. The van der Waals surface area contributed by atoms with Gasteiger partial charge in [0.05, 0.1) is 0 Å². The van der Waals surface area contributed by atoms with Crippen LogP contribution < -0.4 is 10.6 Å². The molecule has 1 amide bonds. The number of para-hydroxylation sites is 1. The molecule has 0 spiro atoms. The molecule has 2 N–H and O–H groups in total. The highest BCUT2D eigenvalue weighted by Crippen LogP contribution is 2.46. The van der Waals surface area contributed by atoms with Crippen LogP contribution >= 0.6 is 15.9 Å². The van der Waals surface area contributed by atoms with Crippen molar-refractivity contribution in [2.45, 2.75) is 39.5 Å². The summed E-state index contributed by atoms with van der Waals surface area (Å²) in [5, 5.41) is 5.63. The highest BCUT2D eigenvalue weighted by Gasteiger charge is 2.42. The van der Waals surface area contributed by atoms with Crippen LogP contribution in [-0.4, -0.2) is 11.7 Å². The topological polar surface area (TPSA) is 58.2 Å². The number of carbonyl (C=O) groups is 2. The van der Waals surface area contributed by atoms with Gasteiger partial charge in [0.25, 0.3) is 5.91 Å². The highest BCUT2D eigenvalue weighted by molar-refractivity contribution is 9.10. The minimum atomic E-state index is -0.865. The van der Waals surface area contributed by atoms with Crippen LogP contribution in [0.3, 0.4) is 0 Å². The molecule has 0 radical (unpaired) electrons. The van der Waals surface area contributed by atoms with E-state index in [1.165, 1.54) is 6.07 Å². The summed E-state index contributed by atoms with van der Waals surface area (Å²) in [6, 6.07) is 10.8. The van der Waals surface area contributed by atoms with Crippen LogP contribution in [0.2, 0.25) is 0 Å². The Morgan fingerprint density at radius 3 is 2.34 bits per heavy atom. The SMILES string of the molecule is CC1=C(C(=O)Nc2c(F)cccc2F)C(c2ccc(Br)cc2)C2=C(CC(C)(C)CC2=O)N1. The number of nitrogens with one attached hydrogen (secondary N) is 2. The van der Waals surface area contributed by atoms with Gasteiger partial charge in [0.2, 0.25) is 0 Å². The van der Waals surface area contributed by atoms with Crippen LogP contribution in [0.25, 0.3) is 0 Å². The number of Topliss-reactive ketones (excluding diaryl/α,β-unsaturated/α-hetero) is 1. The first-order valence-corrected chi connectivity index (χ1v) is 11.1. The Morgan fingerprint density at radius 2 is 1.72 bits per heavy atom. The lowest BCUT2D eigenvalue weighted by atomic mass is 9.68. The minimum Gasteiger partial charge on any atom is -0.362 e. The molecule has 0 saturated heterocycles. The second-order valence-corrected chi connectivity index (χ2v) is 9.95. The van der Waals surface area contributed by atoms with Crippen molar-refractivity contribution < 1.29 is 18.4 Å². The van der Waals surface area contributed by atoms with Gasteiger partial charge in [-0.25, -0.2) is 8.78 Å². The van der Waals surface area contributed by atoms with Gasteiger partial charge in [-0.05, 0) is 48.6 Å². The van der Waals surface area contributed by atoms with E-state index in [9.17, 15) is 18.4 Å². The molecule has 2 aromatic carbocycles. The van der Waals surface area contributed by atoms with Gasteiger partial charge in [0.1, 0.15) is 17.3 Å². The van der Waals surface area contributed by atoms with Crippen molar-refractivity contribution >= 4 is 33.3 Å². The molecule has 1 aliphatic carbocycles. The van der Waals surface area contributed by atoms with Gasteiger partial charge < -0.3 is 10.6 Å². The summed E-state index contributed by atoms with van der Waals surface area (Å²) >= 11 is 3.42. The maximum atomic E-state index is 14.2. The number of carbonyl (C=O) groups excluding carboxylic acids is 2. The van der Waals surface area contributed by atoms with Crippen molar-refractivity contribution in [1.29, 1.82) is 0 Å². The first-order valence-electron chi connectivity index (χ1n) is 10.3. The van der Waals surface area contributed by atoms with Crippen LogP contribution in [0.1, 0.15) is 45.1 Å². The third-order valence-electron chi connectivity index (χ3n) is 5.89. The molecule has 4 nitrogen and oxygen atoms in total. The number of rotatable bonds is 3. The zero-order chi connectivity index (χ0) is 23.2. The minimum absolute atomic E-state index is 0.0356. The predicted molar refractivity (Wildman–Crippen MR) is 123 cm³/mol. The second kappa shape index (κ2) is 8.28. The molecule has 2 aromatic rings. The summed E-state index contributed by atoms with van der Waals surface area (Å²) in [6.07, 6.45) is 1.02. The molecule has 1 heterocycles. The molecule has 166 valence electrons. The fourth-order valence-corrected chi connectivity index (χ4v) is 4.79. The zero-order valence-corrected chi connectivity index (χ0v) is 19.6. The van der Waals surface area contributed by atoms with Crippen molar-refractivity contribution in [2.75, 3.05) is 5.32 Å². The maximum absolute atomic E-state index is 14.2. The van der Waals surface area contributed by atoms with Crippen molar-refractivity contribution in [3.63, 3.8) is 0 Å². The molecule has 0 bridgehead atoms. The monoisotopic (exact) mass is 500 g/mol. The summed E-state index contributed by atoms with van der Waals surface area (Å²) in [4.78, 5) is 26.6. The van der Waals surface area contributed by atoms with E-state index < -0.39 is 29.1 Å². The third-order valence-corrected chi connectivity index (χ3v) is 6.42. The number of amides is 1. The molecule has 1 atom stereocenters. The quantitative estimate of drug-likeness (QED) is 0.545. The summed E-state index contributed by atoms with van der Waals surface area (Å²) < 4.78 is 29.3. The molecule has 0 fully saturated rings. The zero-order valence-electron chi connectivity index (χ0n) is 18.0. The van der Waals surface area contributed by atoms with Crippen molar-refractivity contribution in [3.05, 3.63) is 86.7 Å². The van der Waals surface area contributed by atoms with Crippen LogP contribution in [0, 0.1) is 17.0 Å². The van der Waals surface area contributed by atoms with E-state index in [1.54, 1.807) is 6.92 Å². The Morgan fingerprint density at radius 1 is 1.09 bits per heavy atom. The third kappa shape index (κ3) is 4.13. The van der Waals surface area contributed by atoms with E-state index in [-0.39, 0.29) is 16.8 Å². The fraction of sp³-hybridized carbons (Fsp3) is 0.280. The summed E-state index contributed by atoms with van der Waals surface area (Å²) in [5.74, 6) is -3.06. The van der Waals surface area contributed by atoms with Gasteiger partial charge in [0.15, 0.2) is 5.78 Å². The molecule has 2 aliphatic rings. The lowest BCUT2D eigenvalue weighted by Gasteiger charge is -2.39. The van der Waals surface area contributed by atoms with Crippen LogP contribution in [-0.2, 0) is 9.59 Å². The van der Waals surface area contributed by atoms with Crippen molar-refractivity contribution in [2.24, 2.45) is 5.41 Å². The standard InChI is InChI=1S/C25H23BrF2N2O2/c1-13-20(24(32)30-23-16(27)5-4-6-17(23)28)21(14-7-9-15(26)10-8-14)22-18(29-13)11-25(2,3)12-19(22)31/h4-10,21,29H,11-12H2,1-3H3,(H,30,32). The Labute approximate surface area is 193 Å². The summed E-state index contributed by atoms with van der Waals surface area (Å²) in [6.45, 7) is 5.81. The predicted octanol–water partition coefficient (Wildman–Crippen LogP) is 5.97. The van der Waals surface area contributed by atoms with Crippen molar-refractivity contribution in [3.8, 4) is 0 Å². The number of halogens is 3. The van der Waals surface area contributed by atoms with E-state index in [1.807, 2.05) is 38.1 Å². The molecule has 1 aliphatic heterocycles. The van der Waals surface area contributed by atoms with Gasteiger partial charge >= 0.3 is 0 Å². The molecule has 32 heavy (non-hydrogen) atoms. The Balaban J connectivity index is 1.82.